The molecule has 17 heteroatoms. The van der Waals surface area contributed by atoms with E-state index in [-0.39, 0.29) is 29.9 Å². The molecule has 0 aliphatic carbocycles. The molecule has 3 N–H and O–H groups in total. The number of aryl methyl sites for hydroxylation is 1. The number of hydrogen-bond donors (Lipinski definition) is 2. The summed E-state index contributed by atoms with van der Waals surface area (Å²) in [6.45, 7) is 6.66. The van der Waals surface area contributed by atoms with Crippen LogP contribution in [0.4, 0.5) is 15.9 Å². The highest BCUT2D eigenvalue weighted by atomic mass is 19.1. The molecule has 1 unspecified atom stereocenters. The van der Waals surface area contributed by atoms with Gasteiger partial charge in [0, 0.05) is 86.9 Å². The summed E-state index contributed by atoms with van der Waals surface area (Å²) in [4.78, 5) is 48.1. The Bertz CT molecular complexity index is 2530. The minimum absolute atomic E-state index is 0.213. The molecule has 7 heterocycles. The number of piperidine rings is 2. The number of nitrogens with one attached hydrogen (secondary N) is 1. The zero-order chi connectivity index (χ0) is 39.4. The van der Waals surface area contributed by atoms with Gasteiger partial charge in [-0.05, 0) is 68.7 Å². The average Bonchev–Trinajstić information content (AvgIpc) is 3.96. The van der Waals surface area contributed by atoms with E-state index < -0.39 is 23.9 Å². The van der Waals surface area contributed by atoms with Gasteiger partial charge in [0.25, 0.3) is 0 Å². The number of nitrogen functional groups attached to an aromatic ring is 1. The second kappa shape index (κ2) is 14.6. The highest BCUT2D eigenvalue weighted by Crippen LogP contribution is 2.35. The fourth-order valence-corrected chi connectivity index (χ4v) is 8.43. The predicted octanol–water partition coefficient (Wildman–Crippen LogP) is 3.79. The van der Waals surface area contributed by atoms with Gasteiger partial charge in [-0.3, -0.25) is 28.7 Å². The lowest BCUT2D eigenvalue weighted by Crippen LogP contribution is -2.52. The van der Waals surface area contributed by atoms with Crippen LogP contribution >= 0.6 is 0 Å². The van der Waals surface area contributed by atoms with Gasteiger partial charge in [0.05, 0.1) is 41.4 Å². The van der Waals surface area contributed by atoms with Crippen molar-refractivity contribution in [1.82, 2.24) is 49.1 Å². The number of pyridine rings is 1. The summed E-state index contributed by atoms with van der Waals surface area (Å²) in [5.41, 5.74) is 11.4. The Morgan fingerprint density at radius 1 is 0.947 bits per heavy atom. The zero-order valence-corrected chi connectivity index (χ0v) is 31.7. The standard InChI is InChI=1S/C40H43FN12O4/c1-24(31-16-28(41)3-5-32(31)53-44-11-12-45-53)57-36-15-26(18-43-38(36)42)27-19-46-51(23-27)29-9-13-49(14-10-29)20-25-21-50(22-25)30-4-6-33-35(17-30)48(2)40(56)52(33)34-7-8-37(54)47-39(34)55/h3-6,11-12,15-19,23-25,29,34H,7-10,13-14,20-22H2,1-2H3,(H2,42,43)(H,47,54,55)/t24-,34?/m1/s1. The molecule has 0 saturated carbocycles. The van der Waals surface area contributed by atoms with E-state index in [1.54, 1.807) is 36.3 Å². The first kappa shape index (κ1) is 36.3. The summed E-state index contributed by atoms with van der Waals surface area (Å²) in [6, 6.07) is 11.8. The third-order valence-electron chi connectivity index (χ3n) is 11.5. The number of rotatable bonds is 10. The maximum Gasteiger partial charge on any atom is 0.329 e. The van der Waals surface area contributed by atoms with Crippen LogP contribution < -0.4 is 26.4 Å². The number of nitrogens with two attached hydrogens (primary N) is 1. The zero-order valence-electron chi connectivity index (χ0n) is 31.7. The van der Waals surface area contributed by atoms with Crippen LogP contribution in [0.5, 0.6) is 5.75 Å². The number of benzene rings is 2. The first-order valence-electron chi connectivity index (χ1n) is 19.2. The summed E-state index contributed by atoms with van der Waals surface area (Å²) in [6.07, 6.45) is 10.6. The van der Waals surface area contributed by atoms with Crippen molar-refractivity contribution >= 4 is 34.4 Å². The molecule has 2 amide bonds. The fourth-order valence-electron chi connectivity index (χ4n) is 8.43. The first-order valence-corrected chi connectivity index (χ1v) is 19.2. The third kappa shape index (κ3) is 6.92. The smallest absolute Gasteiger partial charge is 0.329 e. The lowest BCUT2D eigenvalue weighted by molar-refractivity contribution is -0.135. The van der Waals surface area contributed by atoms with Crippen molar-refractivity contribution in [3.05, 3.63) is 95.3 Å². The number of hydrogen-bond acceptors (Lipinski definition) is 11. The number of fused-ring (bicyclic) bond motifs is 1. The fraction of sp³-hybridized carbons (Fsp3) is 0.375. The van der Waals surface area contributed by atoms with Crippen LogP contribution in [0.3, 0.4) is 0 Å². The lowest BCUT2D eigenvalue weighted by Gasteiger charge is -2.44. The predicted molar refractivity (Wildman–Crippen MR) is 209 cm³/mol. The van der Waals surface area contributed by atoms with Crippen molar-refractivity contribution in [2.45, 2.75) is 50.8 Å². The van der Waals surface area contributed by atoms with Crippen LogP contribution in [0, 0.1) is 11.7 Å². The van der Waals surface area contributed by atoms with Crippen LogP contribution in [-0.2, 0) is 16.6 Å². The van der Waals surface area contributed by atoms with Crippen molar-refractivity contribution in [1.29, 1.82) is 0 Å². The molecule has 57 heavy (non-hydrogen) atoms. The molecule has 6 aromatic rings. The van der Waals surface area contributed by atoms with Crippen LogP contribution in [0.1, 0.15) is 56.4 Å². The summed E-state index contributed by atoms with van der Waals surface area (Å²) in [5.74, 6) is 0.0190. The molecular weight excluding hydrogens is 732 g/mol. The van der Waals surface area contributed by atoms with Gasteiger partial charge in [0.1, 0.15) is 18.0 Å². The number of ether oxygens (including phenoxy) is 1. The monoisotopic (exact) mass is 774 g/mol. The molecular formula is C40H43FN12O4. The van der Waals surface area contributed by atoms with Gasteiger partial charge in [-0.15, -0.1) is 0 Å². The van der Waals surface area contributed by atoms with E-state index in [4.69, 9.17) is 15.6 Å². The molecule has 16 nitrogen and oxygen atoms in total. The second-order valence-electron chi connectivity index (χ2n) is 15.3. The van der Waals surface area contributed by atoms with Crippen molar-refractivity contribution in [3.8, 4) is 22.6 Å². The molecule has 0 bridgehead atoms. The summed E-state index contributed by atoms with van der Waals surface area (Å²) in [7, 11) is 1.72. The average molecular weight is 775 g/mol. The summed E-state index contributed by atoms with van der Waals surface area (Å²) >= 11 is 0. The molecule has 3 fully saturated rings. The number of imidazole rings is 1. The molecule has 2 atom stereocenters. The Hall–Kier alpha value is -6.36. The topological polar surface area (TPSA) is 176 Å². The Balaban J connectivity index is 0.792. The Kier molecular flexibility index (Phi) is 9.30. The van der Waals surface area contributed by atoms with Crippen molar-refractivity contribution in [3.63, 3.8) is 0 Å². The highest BCUT2D eigenvalue weighted by Gasteiger charge is 2.33. The molecule has 3 saturated heterocycles. The van der Waals surface area contributed by atoms with E-state index in [2.05, 4.69) is 30.3 Å². The largest absolute Gasteiger partial charge is 0.482 e. The number of imide groups is 1. The van der Waals surface area contributed by atoms with E-state index in [1.807, 2.05) is 48.3 Å². The molecule has 3 aliphatic heterocycles. The van der Waals surface area contributed by atoms with Gasteiger partial charge in [0.2, 0.25) is 11.8 Å². The van der Waals surface area contributed by atoms with Gasteiger partial charge < -0.3 is 20.3 Å². The van der Waals surface area contributed by atoms with Crippen LogP contribution in [0.2, 0.25) is 0 Å². The number of likely N-dealkylation sites (tertiary alicyclic amines) is 1. The quantitative estimate of drug-likeness (QED) is 0.194. The number of anilines is 2. The van der Waals surface area contributed by atoms with E-state index in [9.17, 15) is 18.8 Å². The summed E-state index contributed by atoms with van der Waals surface area (Å²) in [5, 5.41) is 15.5. The number of aromatic nitrogens is 8. The maximum atomic E-state index is 14.3. The van der Waals surface area contributed by atoms with Crippen molar-refractivity contribution < 1.29 is 18.7 Å². The van der Waals surface area contributed by atoms with Gasteiger partial charge in [-0.2, -0.15) is 20.1 Å². The molecule has 3 aliphatic rings. The minimum atomic E-state index is -0.696. The van der Waals surface area contributed by atoms with Crippen LogP contribution in [0.25, 0.3) is 27.8 Å². The normalized spacial score (nSPS) is 18.9. The molecule has 2 aromatic carbocycles. The van der Waals surface area contributed by atoms with Gasteiger partial charge >= 0.3 is 5.69 Å². The Morgan fingerprint density at radius 2 is 1.74 bits per heavy atom. The number of carbonyl (C=O) groups excluding carboxylic acids is 2. The van der Waals surface area contributed by atoms with E-state index in [0.717, 1.165) is 67.9 Å². The third-order valence-corrected chi connectivity index (χ3v) is 11.5. The van der Waals surface area contributed by atoms with E-state index in [0.29, 0.717) is 34.9 Å². The van der Waals surface area contributed by atoms with Crippen molar-refractivity contribution in [2.24, 2.45) is 13.0 Å². The SMILES string of the molecule is C[C@@H](Oc1cc(-c2cnn(C3CCN(CC4CN(c5ccc6c(c5)n(C)c(=O)n6C5CCC(=O)NC5=O)C4)CC3)c2)cnc1N)c1cc(F)ccc1-n1nccn1. The van der Waals surface area contributed by atoms with Gasteiger partial charge in [0.15, 0.2) is 11.6 Å². The first-order chi connectivity index (χ1) is 27.6. The number of nitrogens with zero attached hydrogens (tertiary/aromatic N) is 10. The van der Waals surface area contributed by atoms with Crippen molar-refractivity contribution in [2.75, 3.05) is 43.4 Å². The van der Waals surface area contributed by atoms with Crippen LogP contribution in [-0.4, -0.2) is 88.3 Å². The van der Waals surface area contributed by atoms with Crippen LogP contribution in [0.15, 0.2) is 78.2 Å². The van der Waals surface area contributed by atoms with E-state index in [1.165, 1.54) is 21.5 Å². The minimum Gasteiger partial charge on any atom is -0.482 e. The highest BCUT2D eigenvalue weighted by molar-refractivity contribution is 6.00. The number of amides is 2. The molecule has 9 rings (SSSR count). The second-order valence-corrected chi connectivity index (χ2v) is 15.3. The number of carbonyl (C=O) groups is 2. The molecule has 4 aromatic heterocycles. The summed E-state index contributed by atoms with van der Waals surface area (Å²) < 4.78 is 25.7. The van der Waals surface area contributed by atoms with E-state index >= 15 is 0 Å². The molecule has 0 radical (unpaired) electrons. The van der Waals surface area contributed by atoms with Gasteiger partial charge in [-0.1, -0.05) is 0 Å². The number of halogens is 1. The Labute approximate surface area is 326 Å². The molecule has 0 spiro atoms. The lowest BCUT2D eigenvalue weighted by atomic mass is 9.96. The maximum absolute atomic E-state index is 14.3. The van der Waals surface area contributed by atoms with Gasteiger partial charge in [-0.25, -0.2) is 14.2 Å². The Morgan fingerprint density at radius 3 is 2.51 bits per heavy atom. The molecule has 294 valence electrons.